The van der Waals surface area contributed by atoms with Crippen LogP contribution in [0.5, 0.6) is 0 Å². The lowest BCUT2D eigenvalue weighted by atomic mass is 10.1. The first-order chi connectivity index (χ1) is 6.47. The zero-order chi connectivity index (χ0) is 11.1. The van der Waals surface area contributed by atoms with Crippen molar-refractivity contribution in [2.24, 2.45) is 11.7 Å². The highest BCUT2D eigenvalue weighted by Gasteiger charge is 2.18. The molecule has 0 rings (SSSR count). The summed E-state index contributed by atoms with van der Waals surface area (Å²) in [4.78, 5) is 21.3. The van der Waals surface area contributed by atoms with Crippen molar-refractivity contribution in [1.82, 2.24) is 0 Å². The van der Waals surface area contributed by atoms with E-state index >= 15 is 0 Å². The molecule has 82 valence electrons. The van der Waals surface area contributed by atoms with Crippen molar-refractivity contribution < 1.29 is 19.4 Å². The molecule has 0 heterocycles. The largest absolute Gasteiger partial charge is 0.481 e. The van der Waals surface area contributed by atoms with Gasteiger partial charge in [-0.1, -0.05) is 20.3 Å². The van der Waals surface area contributed by atoms with Crippen molar-refractivity contribution in [2.75, 3.05) is 6.61 Å². The fourth-order valence-corrected chi connectivity index (χ4v) is 0.721. The molecule has 0 aliphatic heterocycles. The van der Waals surface area contributed by atoms with E-state index < -0.39 is 18.0 Å². The fraction of sp³-hybridized carbons (Fsp3) is 0.778. The van der Waals surface area contributed by atoms with E-state index in [4.69, 9.17) is 15.6 Å². The quantitative estimate of drug-likeness (QED) is 0.609. The predicted octanol–water partition coefficient (Wildman–Crippen LogP) is 0.378. The Kier molecular flexibility index (Phi) is 5.87. The van der Waals surface area contributed by atoms with Gasteiger partial charge < -0.3 is 15.6 Å². The molecule has 0 saturated carbocycles. The van der Waals surface area contributed by atoms with Gasteiger partial charge >= 0.3 is 11.9 Å². The number of aliphatic carboxylic acids is 1. The second kappa shape index (κ2) is 6.37. The van der Waals surface area contributed by atoms with E-state index in [1.54, 1.807) is 0 Å². The molecule has 0 bridgehead atoms. The van der Waals surface area contributed by atoms with Crippen molar-refractivity contribution in [3.05, 3.63) is 0 Å². The number of hydrogen-bond donors (Lipinski definition) is 2. The van der Waals surface area contributed by atoms with E-state index in [1.165, 1.54) is 0 Å². The summed E-state index contributed by atoms with van der Waals surface area (Å²) in [6.07, 6.45) is 0.515. The molecule has 0 saturated heterocycles. The van der Waals surface area contributed by atoms with E-state index in [9.17, 15) is 9.59 Å². The number of esters is 1. The van der Waals surface area contributed by atoms with Gasteiger partial charge in [0.15, 0.2) is 0 Å². The molecule has 0 spiro atoms. The lowest BCUT2D eigenvalue weighted by molar-refractivity contribution is -0.150. The molecule has 2 atom stereocenters. The molecule has 0 aromatic rings. The van der Waals surface area contributed by atoms with E-state index in [2.05, 4.69) is 0 Å². The van der Waals surface area contributed by atoms with Gasteiger partial charge in [-0.05, 0) is 5.92 Å². The summed E-state index contributed by atoms with van der Waals surface area (Å²) >= 11 is 0. The Hall–Kier alpha value is -1.10. The van der Waals surface area contributed by atoms with Gasteiger partial charge in [-0.2, -0.15) is 0 Å². The van der Waals surface area contributed by atoms with Crippen molar-refractivity contribution in [3.63, 3.8) is 0 Å². The van der Waals surface area contributed by atoms with Gasteiger partial charge in [0, 0.05) is 0 Å². The molecule has 0 aliphatic carbocycles. The lowest BCUT2D eigenvalue weighted by Gasteiger charge is -2.12. The average molecular weight is 203 g/mol. The second-order valence-corrected chi connectivity index (χ2v) is 3.35. The van der Waals surface area contributed by atoms with E-state index in [-0.39, 0.29) is 12.3 Å². The summed E-state index contributed by atoms with van der Waals surface area (Å²) in [5.74, 6) is -1.47. The molecule has 0 fully saturated rings. The van der Waals surface area contributed by atoms with Crippen LogP contribution in [0.3, 0.4) is 0 Å². The molecular formula is C9H17NO4. The summed E-state index contributed by atoms with van der Waals surface area (Å²) in [5.41, 5.74) is 5.29. The first-order valence-electron chi connectivity index (χ1n) is 4.61. The highest BCUT2D eigenvalue weighted by molar-refractivity contribution is 5.81. The summed E-state index contributed by atoms with van der Waals surface area (Å²) < 4.78 is 4.83. The number of carboxylic acid groups (broad SMARTS) is 1. The molecule has 0 aromatic heterocycles. The zero-order valence-corrected chi connectivity index (χ0v) is 8.53. The minimum atomic E-state index is -1.10. The van der Waals surface area contributed by atoms with Crippen LogP contribution >= 0.6 is 0 Å². The molecule has 0 aliphatic rings. The highest BCUT2D eigenvalue weighted by atomic mass is 16.5. The minimum absolute atomic E-state index is 0.274. The van der Waals surface area contributed by atoms with Gasteiger partial charge in [0.1, 0.15) is 6.04 Å². The van der Waals surface area contributed by atoms with Crippen molar-refractivity contribution in [1.29, 1.82) is 0 Å². The summed E-state index contributed by atoms with van der Waals surface area (Å²) in [5, 5.41) is 8.37. The maximum atomic E-state index is 11.1. The topological polar surface area (TPSA) is 89.6 Å². The standard InChI is InChI=1S/C9H17NO4/c1-3-6(2)5-14-9(13)7(10)4-8(11)12/h6-7H,3-5,10H2,1-2H3,(H,11,12). The van der Waals surface area contributed by atoms with Gasteiger partial charge in [-0.3, -0.25) is 9.59 Å². The Bertz CT molecular complexity index is 205. The molecule has 3 N–H and O–H groups in total. The van der Waals surface area contributed by atoms with E-state index in [1.807, 2.05) is 13.8 Å². The normalized spacial score (nSPS) is 14.5. The third-order valence-electron chi connectivity index (χ3n) is 1.90. The van der Waals surface area contributed by atoms with Crippen LogP contribution in [0.4, 0.5) is 0 Å². The van der Waals surface area contributed by atoms with Crippen LogP contribution in [0.15, 0.2) is 0 Å². The minimum Gasteiger partial charge on any atom is -0.481 e. The summed E-state index contributed by atoms with van der Waals surface area (Å²) in [6, 6.07) is -1.06. The third kappa shape index (κ3) is 5.53. The summed E-state index contributed by atoms with van der Waals surface area (Å²) in [6.45, 7) is 4.22. The Morgan fingerprint density at radius 3 is 2.50 bits per heavy atom. The number of carbonyl (C=O) groups excluding carboxylic acids is 1. The Labute approximate surface area is 83.2 Å². The van der Waals surface area contributed by atoms with Crippen molar-refractivity contribution >= 4 is 11.9 Å². The van der Waals surface area contributed by atoms with Crippen LogP contribution in [0, 0.1) is 5.92 Å². The molecule has 0 aromatic carbocycles. The molecule has 5 heteroatoms. The van der Waals surface area contributed by atoms with E-state index in [0.717, 1.165) is 6.42 Å². The molecular weight excluding hydrogens is 186 g/mol. The second-order valence-electron chi connectivity index (χ2n) is 3.35. The molecule has 0 amide bonds. The van der Waals surface area contributed by atoms with Gasteiger partial charge in [0.2, 0.25) is 0 Å². The lowest BCUT2D eigenvalue weighted by Crippen LogP contribution is -2.35. The average Bonchev–Trinajstić information content (AvgIpc) is 2.12. The van der Waals surface area contributed by atoms with Gasteiger partial charge in [-0.25, -0.2) is 0 Å². The first-order valence-corrected chi connectivity index (χ1v) is 4.61. The molecule has 0 radical (unpaired) electrons. The van der Waals surface area contributed by atoms with Crippen LogP contribution in [0.1, 0.15) is 26.7 Å². The Balaban J connectivity index is 3.78. The van der Waals surface area contributed by atoms with Gasteiger partial charge in [-0.15, -0.1) is 0 Å². The number of hydrogen-bond acceptors (Lipinski definition) is 4. The monoisotopic (exact) mass is 203 g/mol. The number of ether oxygens (including phenoxy) is 1. The number of nitrogens with two attached hydrogens (primary N) is 1. The fourth-order valence-electron chi connectivity index (χ4n) is 0.721. The van der Waals surface area contributed by atoms with Crippen LogP contribution in [0.25, 0.3) is 0 Å². The molecule has 2 unspecified atom stereocenters. The number of carbonyl (C=O) groups is 2. The van der Waals surface area contributed by atoms with Crippen molar-refractivity contribution in [3.8, 4) is 0 Å². The molecule has 14 heavy (non-hydrogen) atoms. The number of rotatable bonds is 6. The van der Waals surface area contributed by atoms with Crippen LogP contribution in [0.2, 0.25) is 0 Å². The maximum absolute atomic E-state index is 11.1. The Morgan fingerprint density at radius 2 is 2.07 bits per heavy atom. The highest BCUT2D eigenvalue weighted by Crippen LogP contribution is 2.02. The van der Waals surface area contributed by atoms with Gasteiger partial charge in [0.25, 0.3) is 0 Å². The van der Waals surface area contributed by atoms with Crippen LogP contribution in [-0.4, -0.2) is 29.7 Å². The van der Waals surface area contributed by atoms with Gasteiger partial charge in [0.05, 0.1) is 13.0 Å². The van der Waals surface area contributed by atoms with E-state index in [0.29, 0.717) is 6.61 Å². The maximum Gasteiger partial charge on any atom is 0.323 e. The smallest absolute Gasteiger partial charge is 0.323 e. The first kappa shape index (κ1) is 12.9. The predicted molar refractivity (Wildman–Crippen MR) is 50.6 cm³/mol. The third-order valence-corrected chi connectivity index (χ3v) is 1.90. The SMILES string of the molecule is CCC(C)COC(=O)C(N)CC(=O)O. The Morgan fingerprint density at radius 1 is 1.50 bits per heavy atom. The zero-order valence-electron chi connectivity index (χ0n) is 8.53. The van der Waals surface area contributed by atoms with Crippen LogP contribution < -0.4 is 5.73 Å². The number of carboxylic acids is 1. The summed E-state index contributed by atoms with van der Waals surface area (Å²) in [7, 11) is 0. The van der Waals surface area contributed by atoms with Crippen LogP contribution in [-0.2, 0) is 14.3 Å². The van der Waals surface area contributed by atoms with Crippen molar-refractivity contribution in [2.45, 2.75) is 32.7 Å². The molecule has 5 nitrogen and oxygen atoms in total.